The normalized spacial score (nSPS) is 15.9. The molecular weight excluding hydrogens is 439 g/mol. The van der Waals surface area contributed by atoms with Gasteiger partial charge in [-0.2, -0.15) is 18.2 Å². The molecule has 0 radical (unpaired) electrons. The molecule has 8 nitrogen and oxygen atoms in total. The van der Waals surface area contributed by atoms with Gasteiger partial charge in [-0.15, -0.1) is 5.10 Å². The van der Waals surface area contributed by atoms with Crippen molar-refractivity contribution in [2.75, 3.05) is 6.61 Å². The molecule has 1 aliphatic heterocycles. The number of nitrogens with zero attached hydrogens (tertiary/aromatic N) is 5. The predicted octanol–water partition coefficient (Wildman–Crippen LogP) is 4.68. The zero-order valence-corrected chi connectivity index (χ0v) is 17.4. The van der Waals surface area contributed by atoms with Gasteiger partial charge in [0.2, 0.25) is 5.82 Å². The third-order valence-electron chi connectivity index (χ3n) is 5.26. The number of benzene rings is 2. The standard InChI is InChI=1S/C22H18F3N5O3/c1-2-31-16-9-5-13(6-10-16)18-11-30-17(12-32-18)19(27-29-30)21-26-20(28-33-21)14-3-7-15(8-4-14)22(23,24)25/h3-10,18H,2,11-12H2,1H3. The molecule has 0 fully saturated rings. The van der Waals surface area contributed by atoms with Crippen molar-refractivity contribution in [1.82, 2.24) is 25.1 Å². The lowest BCUT2D eigenvalue weighted by molar-refractivity contribution is -0.137. The van der Waals surface area contributed by atoms with Crippen LogP contribution in [0.25, 0.3) is 23.0 Å². The van der Waals surface area contributed by atoms with E-state index in [1.54, 1.807) is 4.68 Å². The van der Waals surface area contributed by atoms with Crippen LogP contribution in [0.5, 0.6) is 5.75 Å². The molecule has 0 amide bonds. The zero-order chi connectivity index (χ0) is 23.0. The minimum Gasteiger partial charge on any atom is -0.494 e. The van der Waals surface area contributed by atoms with Gasteiger partial charge in [0.05, 0.1) is 31.0 Å². The largest absolute Gasteiger partial charge is 0.494 e. The molecule has 0 N–H and O–H groups in total. The molecule has 2 aromatic carbocycles. The summed E-state index contributed by atoms with van der Waals surface area (Å²) in [6.45, 7) is 3.22. The molecule has 0 saturated heterocycles. The highest BCUT2D eigenvalue weighted by Crippen LogP contribution is 2.33. The molecule has 2 aromatic heterocycles. The second-order valence-corrected chi connectivity index (χ2v) is 7.37. The Labute approximate surface area is 185 Å². The number of hydrogen-bond acceptors (Lipinski definition) is 7. The molecule has 11 heteroatoms. The maximum absolute atomic E-state index is 12.8. The molecule has 1 aliphatic rings. The van der Waals surface area contributed by atoms with E-state index in [1.165, 1.54) is 12.1 Å². The summed E-state index contributed by atoms with van der Waals surface area (Å²) in [5, 5.41) is 12.2. The van der Waals surface area contributed by atoms with Crippen LogP contribution in [-0.2, 0) is 24.1 Å². The van der Waals surface area contributed by atoms with E-state index in [-0.39, 0.29) is 24.4 Å². The fourth-order valence-electron chi connectivity index (χ4n) is 3.57. The fourth-order valence-corrected chi connectivity index (χ4v) is 3.57. The molecule has 170 valence electrons. The summed E-state index contributed by atoms with van der Waals surface area (Å²) in [6, 6.07) is 12.2. The van der Waals surface area contributed by atoms with Crippen LogP contribution in [0.4, 0.5) is 13.2 Å². The molecule has 1 atom stereocenters. The number of hydrogen-bond donors (Lipinski definition) is 0. The Bertz CT molecular complexity index is 1250. The van der Waals surface area contributed by atoms with Gasteiger partial charge < -0.3 is 14.0 Å². The van der Waals surface area contributed by atoms with Gasteiger partial charge >= 0.3 is 6.18 Å². The van der Waals surface area contributed by atoms with Gasteiger partial charge in [-0.25, -0.2) is 4.68 Å². The van der Waals surface area contributed by atoms with E-state index in [0.29, 0.717) is 30.1 Å². The number of ether oxygens (including phenoxy) is 2. The third-order valence-corrected chi connectivity index (χ3v) is 5.26. The first-order valence-corrected chi connectivity index (χ1v) is 10.2. The third kappa shape index (κ3) is 4.19. The summed E-state index contributed by atoms with van der Waals surface area (Å²) in [5.41, 5.74) is 1.70. The van der Waals surface area contributed by atoms with Crippen molar-refractivity contribution in [2.24, 2.45) is 0 Å². The van der Waals surface area contributed by atoms with Crippen LogP contribution in [0, 0.1) is 0 Å². The summed E-state index contributed by atoms with van der Waals surface area (Å²) in [6.07, 6.45) is -4.61. The molecule has 3 heterocycles. The zero-order valence-electron chi connectivity index (χ0n) is 17.4. The van der Waals surface area contributed by atoms with Crippen LogP contribution < -0.4 is 4.74 Å². The first kappa shape index (κ1) is 21.1. The van der Waals surface area contributed by atoms with Crippen LogP contribution in [0.15, 0.2) is 53.1 Å². The van der Waals surface area contributed by atoms with Gasteiger partial charge in [0.1, 0.15) is 11.9 Å². The second-order valence-electron chi connectivity index (χ2n) is 7.37. The van der Waals surface area contributed by atoms with E-state index in [4.69, 9.17) is 14.0 Å². The van der Waals surface area contributed by atoms with Gasteiger partial charge in [-0.1, -0.05) is 34.6 Å². The van der Waals surface area contributed by atoms with Crippen LogP contribution in [0.3, 0.4) is 0 Å². The molecule has 0 spiro atoms. The van der Waals surface area contributed by atoms with Crippen LogP contribution in [0.1, 0.15) is 29.8 Å². The first-order valence-electron chi connectivity index (χ1n) is 10.2. The highest BCUT2D eigenvalue weighted by molar-refractivity contribution is 5.59. The molecule has 5 rings (SSSR count). The highest BCUT2D eigenvalue weighted by atomic mass is 19.4. The predicted molar refractivity (Wildman–Crippen MR) is 109 cm³/mol. The van der Waals surface area contributed by atoms with E-state index in [0.717, 1.165) is 23.4 Å². The minimum absolute atomic E-state index is 0.120. The van der Waals surface area contributed by atoms with Crippen molar-refractivity contribution in [1.29, 1.82) is 0 Å². The molecule has 4 aromatic rings. The molecule has 0 saturated carbocycles. The minimum atomic E-state index is -4.41. The Morgan fingerprint density at radius 3 is 2.55 bits per heavy atom. The van der Waals surface area contributed by atoms with Crippen LogP contribution in [0.2, 0.25) is 0 Å². The maximum Gasteiger partial charge on any atom is 0.416 e. The van der Waals surface area contributed by atoms with Crippen molar-refractivity contribution < 1.29 is 27.2 Å². The maximum atomic E-state index is 12.8. The number of alkyl halides is 3. The monoisotopic (exact) mass is 457 g/mol. The van der Waals surface area contributed by atoms with Crippen LogP contribution in [-0.4, -0.2) is 31.7 Å². The topological polar surface area (TPSA) is 88.1 Å². The van der Waals surface area contributed by atoms with Gasteiger partial charge in [-0.3, -0.25) is 0 Å². The van der Waals surface area contributed by atoms with Crippen molar-refractivity contribution in [3.8, 4) is 28.7 Å². The van der Waals surface area contributed by atoms with Gasteiger partial charge in [0, 0.05) is 5.56 Å². The number of rotatable bonds is 5. The molecular formula is C22H18F3N5O3. The van der Waals surface area contributed by atoms with Gasteiger partial charge in [0.15, 0.2) is 5.69 Å². The average molecular weight is 457 g/mol. The van der Waals surface area contributed by atoms with Crippen molar-refractivity contribution in [3.05, 3.63) is 65.4 Å². The Morgan fingerprint density at radius 2 is 1.85 bits per heavy atom. The molecule has 0 aliphatic carbocycles. The number of halogens is 3. The Morgan fingerprint density at radius 1 is 1.09 bits per heavy atom. The van der Waals surface area contributed by atoms with Gasteiger partial charge in [0.25, 0.3) is 5.89 Å². The van der Waals surface area contributed by atoms with E-state index in [2.05, 4.69) is 20.5 Å². The Hall–Kier alpha value is -3.73. The fraction of sp³-hybridized carbons (Fsp3) is 0.273. The second kappa shape index (κ2) is 8.32. The highest BCUT2D eigenvalue weighted by Gasteiger charge is 2.31. The van der Waals surface area contributed by atoms with E-state index < -0.39 is 11.7 Å². The summed E-state index contributed by atoms with van der Waals surface area (Å²) in [5.74, 6) is 1.07. The lowest BCUT2D eigenvalue weighted by Crippen LogP contribution is -2.22. The summed E-state index contributed by atoms with van der Waals surface area (Å²) in [7, 11) is 0. The summed E-state index contributed by atoms with van der Waals surface area (Å²) >= 11 is 0. The van der Waals surface area contributed by atoms with Crippen molar-refractivity contribution in [3.63, 3.8) is 0 Å². The van der Waals surface area contributed by atoms with Gasteiger partial charge in [-0.05, 0) is 36.8 Å². The van der Waals surface area contributed by atoms with Crippen LogP contribution >= 0.6 is 0 Å². The Balaban J connectivity index is 1.34. The summed E-state index contributed by atoms with van der Waals surface area (Å²) in [4.78, 5) is 4.28. The number of aromatic nitrogens is 5. The van der Waals surface area contributed by atoms with Crippen molar-refractivity contribution in [2.45, 2.75) is 32.4 Å². The first-order chi connectivity index (χ1) is 15.9. The average Bonchev–Trinajstić information content (AvgIpc) is 3.46. The van der Waals surface area contributed by atoms with E-state index in [1.807, 2.05) is 31.2 Å². The lowest BCUT2D eigenvalue weighted by atomic mass is 10.1. The van der Waals surface area contributed by atoms with Crippen molar-refractivity contribution >= 4 is 0 Å². The number of fused-ring (bicyclic) bond motifs is 1. The summed E-state index contributed by atoms with van der Waals surface area (Å²) < 4.78 is 56.8. The molecule has 1 unspecified atom stereocenters. The molecule has 33 heavy (non-hydrogen) atoms. The smallest absolute Gasteiger partial charge is 0.416 e. The van der Waals surface area contributed by atoms with E-state index >= 15 is 0 Å². The quantitative estimate of drug-likeness (QED) is 0.430. The Kier molecular flexibility index (Phi) is 5.33. The molecule has 0 bridgehead atoms. The SMILES string of the molecule is CCOc1ccc(C2Cn3nnc(-c4nc(-c5ccc(C(F)(F)F)cc5)no4)c3CO2)cc1. The van der Waals surface area contributed by atoms with E-state index in [9.17, 15) is 13.2 Å². The lowest BCUT2D eigenvalue weighted by Gasteiger charge is -2.24.